The molecule has 226 valence electrons. The maximum Gasteiger partial charge on any atom is 0.410 e. The molecule has 3 aromatic rings. The SMILES string of the molecule is CC(C)(C)OC(=O)N1CCN(c2ccc(C(=O)Nc3ccc(N4Cc5ncnc(N6CCOCC6)c5C4)cc3)cc2)CC1. The molecular formula is C32H39N7O4. The number of nitrogens with one attached hydrogen (secondary N) is 1. The van der Waals surface area contributed by atoms with Gasteiger partial charge in [-0.15, -0.1) is 0 Å². The highest BCUT2D eigenvalue weighted by Gasteiger charge is 2.28. The Morgan fingerprint density at radius 3 is 2.12 bits per heavy atom. The molecule has 0 spiro atoms. The van der Waals surface area contributed by atoms with Gasteiger partial charge in [0.2, 0.25) is 0 Å². The second-order valence-corrected chi connectivity index (χ2v) is 12.1. The number of anilines is 4. The summed E-state index contributed by atoms with van der Waals surface area (Å²) in [5.41, 5.74) is 5.15. The Bertz CT molecular complexity index is 1440. The molecule has 2 saturated heterocycles. The quantitative estimate of drug-likeness (QED) is 0.473. The van der Waals surface area contributed by atoms with Crippen molar-refractivity contribution in [3.63, 3.8) is 0 Å². The van der Waals surface area contributed by atoms with Crippen LogP contribution in [0.5, 0.6) is 0 Å². The Hall–Kier alpha value is -4.38. The number of carbonyl (C=O) groups excluding carboxylic acids is 2. The predicted octanol–water partition coefficient (Wildman–Crippen LogP) is 4.14. The minimum Gasteiger partial charge on any atom is -0.444 e. The van der Waals surface area contributed by atoms with Crippen molar-refractivity contribution < 1.29 is 19.1 Å². The lowest BCUT2D eigenvalue weighted by Gasteiger charge is -2.36. The van der Waals surface area contributed by atoms with Crippen LogP contribution in [-0.4, -0.2) is 85.0 Å². The highest BCUT2D eigenvalue weighted by molar-refractivity contribution is 6.04. The number of fused-ring (bicyclic) bond motifs is 1. The molecule has 2 fully saturated rings. The van der Waals surface area contributed by atoms with E-state index < -0.39 is 5.60 Å². The largest absolute Gasteiger partial charge is 0.444 e. The minimum absolute atomic E-state index is 0.159. The number of morpholine rings is 1. The number of hydrogen-bond donors (Lipinski definition) is 1. The van der Waals surface area contributed by atoms with Crippen LogP contribution in [-0.2, 0) is 22.6 Å². The van der Waals surface area contributed by atoms with Gasteiger partial charge in [0.1, 0.15) is 17.7 Å². The lowest BCUT2D eigenvalue weighted by Crippen LogP contribution is -2.50. The molecule has 0 saturated carbocycles. The van der Waals surface area contributed by atoms with Crippen LogP contribution in [0.25, 0.3) is 0 Å². The van der Waals surface area contributed by atoms with Crippen molar-refractivity contribution in [2.75, 3.05) is 72.5 Å². The van der Waals surface area contributed by atoms with Crippen LogP contribution < -0.4 is 20.0 Å². The first-order chi connectivity index (χ1) is 20.7. The molecule has 0 radical (unpaired) electrons. The molecule has 1 N–H and O–H groups in total. The third-order valence-corrected chi connectivity index (χ3v) is 7.93. The zero-order valence-electron chi connectivity index (χ0n) is 25.1. The van der Waals surface area contributed by atoms with Gasteiger partial charge in [0.05, 0.1) is 25.5 Å². The van der Waals surface area contributed by atoms with E-state index in [4.69, 9.17) is 9.47 Å². The standard InChI is InChI=1S/C32H39N7O4/c1-32(2,3)43-31(41)38-14-12-36(13-15-38)25-8-4-23(5-9-25)30(40)35-24-6-10-26(11-7-24)39-20-27-28(21-39)33-22-34-29(27)37-16-18-42-19-17-37/h4-11,22H,12-21H2,1-3H3,(H,35,40). The van der Waals surface area contributed by atoms with E-state index in [1.54, 1.807) is 11.2 Å². The lowest BCUT2D eigenvalue weighted by molar-refractivity contribution is 0.0240. The zero-order chi connectivity index (χ0) is 30.0. The van der Waals surface area contributed by atoms with Gasteiger partial charge in [-0.2, -0.15) is 0 Å². The molecule has 0 atom stereocenters. The number of carbonyl (C=O) groups is 2. The first kappa shape index (κ1) is 28.7. The van der Waals surface area contributed by atoms with Crippen LogP contribution in [0, 0.1) is 0 Å². The van der Waals surface area contributed by atoms with Gasteiger partial charge in [-0.3, -0.25) is 4.79 Å². The molecule has 0 bridgehead atoms. The molecule has 11 heteroatoms. The first-order valence-electron chi connectivity index (χ1n) is 14.9. The van der Waals surface area contributed by atoms with Gasteiger partial charge >= 0.3 is 6.09 Å². The zero-order valence-corrected chi connectivity index (χ0v) is 25.1. The second kappa shape index (κ2) is 12.1. The van der Waals surface area contributed by atoms with Crippen molar-refractivity contribution in [1.82, 2.24) is 14.9 Å². The summed E-state index contributed by atoms with van der Waals surface area (Å²) in [6.07, 6.45) is 1.38. The molecule has 2 amide bonds. The maximum atomic E-state index is 13.0. The summed E-state index contributed by atoms with van der Waals surface area (Å²) in [4.78, 5) is 43.0. The number of hydrogen-bond acceptors (Lipinski definition) is 9. The topological polar surface area (TPSA) is 103 Å². The van der Waals surface area contributed by atoms with Gasteiger partial charge in [-0.25, -0.2) is 14.8 Å². The van der Waals surface area contributed by atoms with Crippen molar-refractivity contribution in [3.8, 4) is 0 Å². The Morgan fingerprint density at radius 2 is 1.44 bits per heavy atom. The summed E-state index contributed by atoms with van der Waals surface area (Å²) in [7, 11) is 0. The molecule has 11 nitrogen and oxygen atoms in total. The van der Waals surface area contributed by atoms with E-state index in [-0.39, 0.29) is 12.0 Å². The maximum absolute atomic E-state index is 13.0. The van der Waals surface area contributed by atoms with Crippen molar-refractivity contribution in [3.05, 3.63) is 71.7 Å². The predicted molar refractivity (Wildman–Crippen MR) is 166 cm³/mol. The summed E-state index contributed by atoms with van der Waals surface area (Å²) >= 11 is 0. The average molecular weight is 586 g/mol. The summed E-state index contributed by atoms with van der Waals surface area (Å²) in [6.45, 7) is 12.8. The van der Waals surface area contributed by atoms with E-state index in [1.807, 2.05) is 69.3 Å². The fraction of sp³-hybridized carbons (Fsp3) is 0.438. The Balaban J connectivity index is 1.02. The van der Waals surface area contributed by atoms with E-state index in [9.17, 15) is 9.59 Å². The second-order valence-electron chi connectivity index (χ2n) is 12.1. The van der Waals surface area contributed by atoms with Gasteiger partial charge in [0, 0.05) is 74.0 Å². The molecule has 0 unspecified atom stereocenters. The van der Waals surface area contributed by atoms with E-state index in [1.165, 1.54) is 5.56 Å². The van der Waals surface area contributed by atoms with Gasteiger partial charge in [-0.1, -0.05) is 0 Å². The van der Waals surface area contributed by atoms with E-state index in [2.05, 4.69) is 30.0 Å². The van der Waals surface area contributed by atoms with Crippen molar-refractivity contribution in [2.24, 2.45) is 0 Å². The number of amides is 2. The monoisotopic (exact) mass is 585 g/mol. The van der Waals surface area contributed by atoms with E-state index >= 15 is 0 Å². The van der Waals surface area contributed by atoms with E-state index in [0.29, 0.717) is 45.0 Å². The number of nitrogens with zero attached hydrogens (tertiary/aromatic N) is 6. The van der Waals surface area contributed by atoms with Crippen LogP contribution >= 0.6 is 0 Å². The van der Waals surface area contributed by atoms with Crippen LogP contribution in [0.1, 0.15) is 42.4 Å². The van der Waals surface area contributed by atoms with Crippen molar-refractivity contribution in [1.29, 1.82) is 0 Å². The van der Waals surface area contributed by atoms with E-state index in [0.717, 1.165) is 54.8 Å². The number of aromatic nitrogens is 2. The summed E-state index contributed by atoms with van der Waals surface area (Å²) in [5, 5.41) is 3.01. The molecule has 2 aromatic carbocycles. The van der Waals surface area contributed by atoms with Gasteiger partial charge < -0.3 is 34.4 Å². The lowest BCUT2D eigenvalue weighted by atomic mass is 10.1. The molecule has 4 heterocycles. The third-order valence-electron chi connectivity index (χ3n) is 7.93. The number of ether oxygens (including phenoxy) is 2. The summed E-state index contributed by atoms with van der Waals surface area (Å²) in [6, 6.07) is 15.5. The molecule has 43 heavy (non-hydrogen) atoms. The van der Waals surface area contributed by atoms with Crippen LogP contribution in [0.4, 0.5) is 27.7 Å². The van der Waals surface area contributed by atoms with Crippen LogP contribution in [0.15, 0.2) is 54.9 Å². The average Bonchev–Trinajstić information content (AvgIpc) is 3.46. The van der Waals surface area contributed by atoms with Crippen molar-refractivity contribution in [2.45, 2.75) is 39.5 Å². The Morgan fingerprint density at radius 1 is 0.791 bits per heavy atom. The fourth-order valence-electron chi connectivity index (χ4n) is 5.65. The van der Waals surface area contributed by atoms with Crippen molar-refractivity contribution >= 4 is 34.9 Å². The van der Waals surface area contributed by atoms with Crippen LogP contribution in [0.3, 0.4) is 0 Å². The van der Waals surface area contributed by atoms with Gasteiger partial charge in [0.15, 0.2) is 0 Å². The fourth-order valence-corrected chi connectivity index (χ4v) is 5.65. The molecular weight excluding hydrogens is 546 g/mol. The number of benzene rings is 2. The third kappa shape index (κ3) is 6.67. The molecule has 0 aliphatic carbocycles. The Kier molecular flexibility index (Phi) is 8.07. The van der Waals surface area contributed by atoms with Gasteiger partial charge in [0.25, 0.3) is 5.91 Å². The number of piperazine rings is 1. The molecule has 1 aromatic heterocycles. The van der Waals surface area contributed by atoms with Crippen LogP contribution in [0.2, 0.25) is 0 Å². The molecule has 6 rings (SSSR count). The Labute approximate surface area is 252 Å². The highest BCUT2D eigenvalue weighted by atomic mass is 16.6. The normalized spacial score (nSPS) is 17.1. The smallest absolute Gasteiger partial charge is 0.410 e. The molecule has 3 aliphatic heterocycles. The first-order valence-corrected chi connectivity index (χ1v) is 14.9. The number of rotatable bonds is 5. The summed E-state index contributed by atoms with van der Waals surface area (Å²) in [5.74, 6) is 0.849. The summed E-state index contributed by atoms with van der Waals surface area (Å²) < 4.78 is 11.0. The minimum atomic E-state index is -0.503. The van der Waals surface area contributed by atoms with Gasteiger partial charge in [-0.05, 0) is 69.3 Å². The molecule has 3 aliphatic rings. The highest BCUT2D eigenvalue weighted by Crippen LogP contribution is 2.33.